The van der Waals surface area contributed by atoms with Crippen LogP contribution in [0.4, 0.5) is 4.39 Å². The van der Waals surface area contributed by atoms with Crippen molar-refractivity contribution < 1.29 is 9.13 Å². The van der Waals surface area contributed by atoms with Gasteiger partial charge in [0, 0.05) is 13.0 Å². The Hall–Kier alpha value is -2.56. The highest BCUT2D eigenvalue weighted by Crippen LogP contribution is 2.27. The van der Waals surface area contributed by atoms with Crippen molar-refractivity contribution in [3.63, 3.8) is 0 Å². The molecule has 2 N–H and O–H groups in total. The molecule has 2 aromatic rings. The summed E-state index contributed by atoms with van der Waals surface area (Å²) in [6.45, 7) is 3.88. The van der Waals surface area contributed by atoms with E-state index < -0.39 is 0 Å². The molecule has 0 spiro atoms. The summed E-state index contributed by atoms with van der Waals surface area (Å²) < 4.78 is 19.1. The highest BCUT2D eigenvalue weighted by atomic mass is 19.1. The van der Waals surface area contributed by atoms with Crippen molar-refractivity contribution in [2.75, 3.05) is 13.1 Å². The standard InChI is InChI=1S/C19H22FN3O/c1-2-21-19(22-12-14-6-5-8-16(20)10-14)23-13-17-11-15-7-3-4-9-18(15)24-17/h3-10,17H,2,11-13H2,1H3,(H2,21,22,23). The van der Waals surface area contributed by atoms with Crippen molar-refractivity contribution in [3.05, 3.63) is 65.5 Å². The maximum Gasteiger partial charge on any atom is 0.191 e. The van der Waals surface area contributed by atoms with Crippen molar-refractivity contribution >= 4 is 5.96 Å². The number of hydrogen-bond acceptors (Lipinski definition) is 2. The van der Waals surface area contributed by atoms with E-state index in [0.717, 1.165) is 24.3 Å². The van der Waals surface area contributed by atoms with E-state index in [1.54, 1.807) is 6.07 Å². The molecule has 0 aliphatic carbocycles. The second kappa shape index (κ2) is 7.81. The SMILES string of the molecule is CCNC(=NCc1cccc(F)c1)NCC1Cc2ccccc2O1. The quantitative estimate of drug-likeness (QED) is 0.656. The van der Waals surface area contributed by atoms with Crippen LogP contribution in [0.5, 0.6) is 5.75 Å². The lowest BCUT2D eigenvalue weighted by Crippen LogP contribution is -2.42. The molecule has 126 valence electrons. The van der Waals surface area contributed by atoms with Crippen molar-refractivity contribution in [3.8, 4) is 5.75 Å². The van der Waals surface area contributed by atoms with Crippen molar-refractivity contribution in [1.29, 1.82) is 0 Å². The Morgan fingerprint density at radius 1 is 1.21 bits per heavy atom. The summed E-state index contributed by atoms with van der Waals surface area (Å²) in [5.74, 6) is 1.44. The van der Waals surface area contributed by atoms with Gasteiger partial charge in [-0.25, -0.2) is 9.38 Å². The summed E-state index contributed by atoms with van der Waals surface area (Å²) >= 11 is 0. The normalized spacial score (nSPS) is 16.4. The third-order valence-electron chi connectivity index (χ3n) is 3.86. The molecule has 24 heavy (non-hydrogen) atoms. The van der Waals surface area contributed by atoms with Gasteiger partial charge in [0.15, 0.2) is 5.96 Å². The lowest BCUT2D eigenvalue weighted by Gasteiger charge is -2.15. The Morgan fingerprint density at radius 2 is 2.08 bits per heavy atom. The highest BCUT2D eigenvalue weighted by molar-refractivity contribution is 5.79. The van der Waals surface area contributed by atoms with E-state index >= 15 is 0 Å². The first-order valence-electron chi connectivity index (χ1n) is 8.26. The zero-order valence-electron chi connectivity index (χ0n) is 13.8. The molecule has 3 rings (SSSR count). The first-order valence-corrected chi connectivity index (χ1v) is 8.26. The second-order valence-electron chi connectivity index (χ2n) is 5.76. The van der Waals surface area contributed by atoms with Crippen molar-refractivity contribution in [1.82, 2.24) is 10.6 Å². The Morgan fingerprint density at radius 3 is 2.88 bits per heavy atom. The number of para-hydroxylation sites is 1. The summed E-state index contributed by atoms with van der Waals surface area (Å²) in [5.41, 5.74) is 2.09. The van der Waals surface area contributed by atoms with Gasteiger partial charge in [-0.05, 0) is 36.2 Å². The number of aliphatic imine (C=N–C) groups is 1. The Kier molecular flexibility index (Phi) is 5.31. The third-order valence-corrected chi connectivity index (χ3v) is 3.86. The van der Waals surface area contributed by atoms with E-state index in [-0.39, 0.29) is 11.9 Å². The van der Waals surface area contributed by atoms with Crippen LogP contribution in [-0.2, 0) is 13.0 Å². The van der Waals surface area contributed by atoms with Crippen LogP contribution in [0.15, 0.2) is 53.5 Å². The summed E-state index contributed by atoms with van der Waals surface area (Å²) in [7, 11) is 0. The van der Waals surface area contributed by atoms with Gasteiger partial charge in [-0.3, -0.25) is 0 Å². The molecule has 0 aromatic heterocycles. The number of rotatable bonds is 5. The fourth-order valence-corrected chi connectivity index (χ4v) is 2.73. The summed E-state index contributed by atoms with van der Waals surface area (Å²) in [6, 6.07) is 14.6. The van der Waals surface area contributed by atoms with Crippen LogP contribution >= 0.6 is 0 Å². The van der Waals surface area contributed by atoms with Crippen molar-refractivity contribution in [2.24, 2.45) is 4.99 Å². The molecule has 0 saturated heterocycles. The molecule has 2 aromatic carbocycles. The molecular weight excluding hydrogens is 305 g/mol. The van der Waals surface area contributed by atoms with Gasteiger partial charge >= 0.3 is 0 Å². The first-order chi connectivity index (χ1) is 11.7. The van der Waals surface area contributed by atoms with Gasteiger partial charge in [0.05, 0.1) is 13.1 Å². The van der Waals surface area contributed by atoms with Gasteiger partial charge in [0.25, 0.3) is 0 Å². The van der Waals surface area contributed by atoms with Gasteiger partial charge in [-0.15, -0.1) is 0 Å². The summed E-state index contributed by atoms with van der Waals surface area (Å²) in [5, 5.41) is 6.50. The van der Waals surface area contributed by atoms with Gasteiger partial charge in [-0.2, -0.15) is 0 Å². The maximum absolute atomic E-state index is 13.2. The molecule has 0 radical (unpaired) electrons. The average Bonchev–Trinajstić information content (AvgIpc) is 3.00. The van der Waals surface area contributed by atoms with Crippen molar-refractivity contribution in [2.45, 2.75) is 26.0 Å². The minimum atomic E-state index is -0.238. The molecule has 1 aliphatic heterocycles. The first kappa shape index (κ1) is 16.3. The van der Waals surface area contributed by atoms with E-state index in [1.165, 1.54) is 17.7 Å². The minimum absolute atomic E-state index is 0.0976. The zero-order valence-corrected chi connectivity index (χ0v) is 13.8. The monoisotopic (exact) mass is 327 g/mol. The Labute approximate surface area is 141 Å². The molecule has 1 aliphatic rings. The molecule has 0 fully saturated rings. The number of halogens is 1. The van der Waals surface area contributed by atoms with Crippen LogP contribution in [0.2, 0.25) is 0 Å². The second-order valence-corrected chi connectivity index (χ2v) is 5.76. The van der Waals surface area contributed by atoms with Crippen LogP contribution in [0.1, 0.15) is 18.1 Å². The van der Waals surface area contributed by atoms with Gasteiger partial charge < -0.3 is 15.4 Å². The average molecular weight is 327 g/mol. The topological polar surface area (TPSA) is 45.7 Å². The summed E-state index contributed by atoms with van der Waals surface area (Å²) in [4.78, 5) is 4.51. The minimum Gasteiger partial charge on any atom is -0.488 e. The molecule has 1 heterocycles. The lowest BCUT2D eigenvalue weighted by molar-refractivity contribution is 0.235. The van der Waals surface area contributed by atoms with Crippen LogP contribution in [0.3, 0.4) is 0 Å². The van der Waals surface area contributed by atoms with Gasteiger partial charge in [0.1, 0.15) is 17.7 Å². The lowest BCUT2D eigenvalue weighted by atomic mass is 10.1. The van der Waals surface area contributed by atoms with Crippen LogP contribution in [0, 0.1) is 5.82 Å². The number of guanidine groups is 1. The van der Waals surface area contributed by atoms with Crippen LogP contribution in [0.25, 0.3) is 0 Å². The molecule has 0 bridgehead atoms. The predicted octanol–water partition coefficient (Wildman–Crippen LogP) is 2.88. The molecule has 0 amide bonds. The summed E-state index contributed by atoms with van der Waals surface area (Å²) in [6.07, 6.45) is 0.993. The predicted molar refractivity (Wildman–Crippen MR) is 93.8 cm³/mol. The number of fused-ring (bicyclic) bond motifs is 1. The zero-order chi connectivity index (χ0) is 16.8. The number of benzene rings is 2. The molecule has 4 nitrogen and oxygen atoms in total. The highest BCUT2D eigenvalue weighted by Gasteiger charge is 2.22. The number of nitrogens with one attached hydrogen (secondary N) is 2. The van der Waals surface area contributed by atoms with Gasteiger partial charge in [0.2, 0.25) is 0 Å². The van der Waals surface area contributed by atoms with E-state index in [0.29, 0.717) is 19.0 Å². The maximum atomic E-state index is 13.2. The number of ether oxygens (including phenoxy) is 1. The van der Waals surface area contributed by atoms with Gasteiger partial charge in [-0.1, -0.05) is 30.3 Å². The smallest absolute Gasteiger partial charge is 0.191 e. The largest absolute Gasteiger partial charge is 0.488 e. The number of hydrogen-bond donors (Lipinski definition) is 2. The molecule has 0 saturated carbocycles. The molecule has 1 unspecified atom stereocenters. The molecule has 1 atom stereocenters. The fraction of sp³-hybridized carbons (Fsp3) is 0.316. The van der Waals surface area contributed by atoms with E-state index in [4.69, 9.17) is 4.74 Å². The van der Waals surface area contributed by atoms with E-state index in [1.807, 2.05) is 31.2 Å². The Bertz CT molecular complexity index is 692. The Balaban J connectivity index is 1.55. The van der Waals surface area contributed by atoms with Crippen LogP contribution < -0.4 is 15.4 Å². The van der Waals surface area contributed by atoms with E-state index in [2.05, 4.69) is 21.7 Å². The molecule has 5 heteroatoms. The third kappa shape index (κ3) is 4.25. The van der Waals surface area contributed by atoms with E-state index in [9.17, 15) is 4.39 Å². The fourth-order valence-electron chi connectivity index (χ4n) is 2.73. The van der Waals surface area contributed by atoms with Crippen LogP contribution in [-0.4, -0.2) is 25.2 Å². The number of nitrogens with zero attached hydrogens (tertiary/aromatic N) is 1. The molecular formula is C19H22FN3O.